The molecule has 1 aromatic heterocycles. The first-order valence-electron chi connectivity index (χ1n) is 18.8. The van der Waals surface area contributed by atoms with E-state index in [0.717, 1.165) is 5.56 Å². The molecule has 57 heavy (non-hydrogen) atoms. The van der Waals surface area contributed by atoms with Crippen LogP contribution in [0.4, 0.5) is 11.4 Å². The summed E-state index contributed by atoms with van der Waals surface area (Å²) >= 11 is 12.1. The molecule has 4 amide bonds. The van der Waals surface area contributed by atoms with Crippen molar-refractivity contribution in [2.45, 2.75) is 63.8 Å². The van der Waals surface area contributed by atoms with Gasteiger partial charge in [0.1, 0.15) is 23.6 Å². The van der Waals surface area contributed by atoms with E-state index < -0.39 is 24.3 Å². The van der Waals surface area contributed by atoms with E-state index in [1.165, 1.54) is 0 Å². The van der Waals surface area contributed by atoms with Gasteiger partial charge in [-0.15, -0.1) is 0 Å². The molecule has 0 spiro atoms. The molecule has 0 saturated carbocycles. The number of amides is 4. The molecule has 294 valence electrons. The summed E-state index contributed by atoms with van der Waals surface area (Å²) in [7, 11) is 0. The molecule has 4 atom stereocenters. The second-order valence-electron chi connectivity index (χ2n) is 14.0. The Hall–Kier alpha value is -5.85. The average Bonchev–Trinajstić information content (AvgIpc) is 4.00. The molecular formula is C43H41Cl2N5O7. The molecule has 2 N–H and O–H groups in total. The smallest absolute Gasteiger partial charge is 0.264 e. The summed E-state index contributed by atoms with van der Waals surface area (Å²) < 4.78 is 17.7. The molecule has 14 heteroatoms. The van der Waals surface area contributed by atoms with Crippen LogP contribution in [0.2, 0.25) is 10.0 Å². The zero-order chi connectivity index (χ0) is 40.1. The van der Waals surface area contributed by atoms with Crippen molar-refractivity contribution in [1.82, 2.24) is 14.8 Å². The molecule has 2 saturated heterocycles. The maximum atomic E-state index is 13.3. The molecular weight excluding hydrogens is 769 g/mol. The van der Waals surface area contributed by atoms with Crippen LogP contribution in [0.3, 0.4) is 0 Å². The van der Waals surface area contributed by atoms with Gasteiger partial charge in [0.25, 0.3) is 11.8 Å². The predicted molar refractivity (Wildman–Crippen MR) is 217 cm³/mol. The van der Waals surface area contributed by atoms with Crippen molar-refractivity contribution in [2.75, 3.05) is 23.7 Å². The van der Waals surface area contributed by atoms with Crippen LogP contribution in [0.1, 0.15) is 39.5 Å². The number of carbonyl (C=O) groups excluding carboxylic acids is 4. The largest absolute Gasteiger partial charge is 0.481 e. The standard InChI is InChI=1S/C43H41Cl2N5O7/c1-26(55-34-9-3-7-30(44)23-34)42(53)49-21-5-11-36(49)39(51)47-32-17-13-28(14-18-32)38-25-46-41(57-38)29-15-19-33(20-16-29)48-40(52)37-12-6-22-50(37)43(54)27(2)56-35-10-4-8-31(45)24-35/h3-4,7-10,13-20,23-27,36-37H,5-6,11-12,21-22H2,1-2H3,(H,47,51)(H,48,52). The van der Waals surface area contributed by atoms with E-state index in [2.05, 4.69) is 15.6 Å². The van der Waals surface area contributed by atoms with Gasteiger partial charge in [0, 0.05) is 45.6 Å². The topological polar surface area (TPSA) is 143 Å². The summed E-state index contributed by atoms with van der Waals surface area (Å²) in [6.45, 7) is 4.26. The lowest BCUT2D eigenvalue weighted by Gasteiger charge is -2.27. The van der Waals surface area contributed by atoms with Gasteiger partial charge >= 0.3 is 0 Å². The lowest BCUT2D eigenvalue weighted by atomic mass is 10.1. The Morgan fingerprint density at radius 1 is 0.684 bits per heavy atom. The van der Waals surface area contributed by atoms with E-state index in [-0.39, 0.29) is 23.6 Å². The number of hydrogen-bond donors (Lipinski definition) is 2. The maximum Gasteiger partial charge on any atom is 0.264 e. The third kappa shape index (κ3) is 9.41. The first-order chi connectivity index (χ1) is 27.5. The quantitative estimate of drug-likeness (QED) is 0.129. The zero-order valence-electron chi connectivity index (χ0n) is 31.3. The van der Waals surface area contributed by atoms with E-state index in [1.54, 1.807) is 115 Å². The molecule has 12 nitrogen and oxygen atoms in total. The SMILES string of the molecule is CC(Oc1cccc(Cl)c1)C(=O)N1CCCC1C(=O)Nc1ccc(-c2cnc(-c3ccc(NC(=O)C4CCCN4C(=O)C(C)Oc4cccc(Cl)c4)cc3)o2)cc1. The summed E-state index contributed by atoms with van der Waals surface area (Å²) in [5.41, 5.74) is 2.61. The van der Waals surface area contributed by atoms with Crippen molar-refractivity contribution < 1.29 is 33.1 Å². The second kappa shape index (κ2) is 17.5. The number of aromatic nitrogens is 1. The maximum absolute atomic E-state index is 13.3. The minimum absolute atomic E-state index is 0.264. The Bertz CT molecular complexity index is 2090. The van der Waals surface area contributed by atoms with Gasteiger partial charge in [-0.05, 0) is 124 Å². The highest BCUT2D eigenvalue weighted by atomic mass is 35.5. The minimum atomic E-state index is -0.788. The Labute approximate surface area is 340 Å². The number of oxazole rings is 1. The predicted octanol–water partition coefficient (Wildman–Crippen LogP) is 8.11. The lowest BCUT2D eigenvalue weighted by molar-refractivity contribution is -0.142. The molecule has 4 unspecified atom stereocenters. The van der Waals surface area contributed by atoms with E-state index in [9.17, 15) is 19.2 Å². The van der Waals surface area contributed by atoms with Crippen molar-refractivity contribution in [3.05, 3.63) is 113 Å². The van der Waals surface area contributed by atoms with Crippen molar-refractivity contribution in [3.8, 4) is 34.3 Å². The first-order valence-corrected chi connectivity index (χ1v) is 19.5. The number of anilines is 2. The Morgan fingerprint density at radius 2 is 1.14 bits per heavy atom. The van der Waals surface area contributed by atoms with Gasteiger partial charge in [-0.1, -0.05) is 35.3 Å². The zero-order valence-corrected chi connectivity index (χ0v) is 32.8. The van der Waals surface area contributed by atoms with Crippen LogP contribution in [-0.2, 0) is 19.2 Å². The number of ether oxygens (including phenoxy) is 2. The van der Waals surface area contributed by atoms with Crippen molar-refractivity contribution in [1.29, 1.82) is 0 Å². The van der Waals surface area contributed by atoms with Crippen molar-refractivity contribution >= 4 is 58.2 Å². The summed E-state index contributed by atoms with van der Waals surface area (Å²) in [5.74, 6) is 0.813. The van der Waals surface area contributed by atoms with Gasteiger partial charge < -0.3 is 34.3 Å². The fourth-order valence-corrected chi connectivity index (χ4v) is 7.43. The number of rotatable bonds is 12. The fourth-order valence-electron chi connectivity index (χ4n) is 7.07. The molecule has 5 aromatic rings. The Kier molecular flexibility index (Phi) is 12.1. The van der Waals surface area contributed by atoms with E-state index >= 15 is 0 Å². The minimum Gasteiger partial charge on any atom is -0.481 e. The average molecular weight is 811 g/mol. The van der Waals surface area contributed by atoms with E-state index in [0.29, 0.717) is 88.9 Å². The van der Waals surface area contributed by atoms with Crippen LogP contribution in [0.15, 0.2) is 108 Å². The third-order valence-corrected chi connectivity index (χ3v) is 10.4. The molecule has 0 bridgehead atoms. The third-order valence-electron chi connectivity index (χ3n) is 9.93. The second-order valence-corrected chi connectivity index (χ2v) is 14.8. The van der Waals surface area contributed by atoms with Crippen LogP contribution >= 0.6 is 23.2 Å². The van der Waals surface area contributed by atoms with Gasteiger partial charge in [-0.2, -0.15) is 0 Å². The van der Waals surface area contributed by atoms with Crippen LogP contribution in [0.25, 0.3) is 22.8 Å². The summed E-state index contributed by atoms with van der Waals surface area (Å²) in [6.07, 6.45) is 2.57. The van der Waals surface area contributed by atoms with Gasteiger partial charge in [0.2, 0.25) is 17.7 Å². The fraction of sp³-hybridized carbons (Fsp3) is 0.279. The summed E-state index contributed by atoms with van der Waals surface area (Å²) in [4.78, 5) is 60.7. The first kappa shape index (κ1) is 39.4. The number of likely N-dealkylation sites (tertiary alicyclic amines) is 2. The molecule has 7 rings (SSSR count). The highest BCUT2D eigenvalue weighted by Crippen LogP contribution is 2.30. The monoisotopic (exact) mass is 809 g/mol. The highest BCUT2D eigenvalue weighted by molar-refractivity contribution is 6.31. The van der Waals surface area contributed by atoms with E-state index in [1.807, 2.05) is 12.1 Å². The molecule has 2 aliphatic rings. The molecule has 4 aromatic carbocycles. The Morgan fingerprint density at radius 3 is 1.60 bits per heavy atom. The number of hydrogen-bond acceptors (Lipinski definition) is 8. The van der Waals surface area contributed by atoms with Crippen molar-refractivity contribution in [3.63, 3.8) is 0 Å². The molecule has 2 fully saturated rings. The summed E-state index contributed by atoms with van der Waals surface area (Å²) in [5, 5.41) is 6.88. The van der Waals surface area contributed by atoms with Gasteiger partial charge in [-0.3, -0.25) is 19.2 Å². The van der Waals surface area contributed by atoms with Crippen LogP contribution < -0.4 is 20.1 Å². The lowest BCUT2D eigenvalue weighted by Crippen LogP contribution is -2.47. The molecule has 3 heterocycles. The highest BCUT2D eigenvalue weighted by Gasteiger charge is 2.38. The normalized spacial score (nSPS) is 17.5. The van der Waals surface area contributed by atoms with Crippen LogP contribution in [0.5, 0.6) is 11.5 Å². The van der Waals surface area contributed by atoms with Crippen LogP contribution in [-0.4, -0.2) is 75.8 Å². The Balaban J connectivity index is 0.915. The number of nitrogens with one attached hydrogen (secondary N) is 2. The van der Waals surface area contributed by atoms with E-state index in [4.69, 9.17) is 37.1 Å². The van der Waals surface area contributed by atoms with Crippen LogP contribution in [0, 0.1) is 0 Å². The summed E-state index contributed by atoms with van der Waals surface area (Å²) in [6, 6.07) is 26.7. The van der Waals surface area contributed by atoms with Gasteiger partial charge in [-0.25, -0.2) is 4.98 Å². The van der Waals surface area contributed by atoms with Crippen molar-refractivity contribution in [2.24, 2.45) is 0 Å². The molecule has 0 aliphatic carbocycles. The number of carbonyl (C=O) groups is 4. The van der Waals surface area contributed by atoms with Gasteiger partial charge in [0.05, 0.1) is 6.20 Å². The van der Waals surface area contributed by atoms with Gasteiger partial charge in [0.15, 0.2) is 18.0 Å². The number of halogens is 2. The molecule has 2 aliphatic heterocycles. The molecule has 0 radical (unpaired) electrons. The number of benzene rings is 4. The number of nitrogens with zero attached hydrogens (tertiary/aromatic N) is 3.